The van der Waals surface area contributed by atoms with Gasteiger partial charge in [0.1, 0.15) is 0 Å². The molecule has 0 aromatic rings. The molecule has 1 aliphatic carbocycles. The smallest absolute Gasteiger partial charge is 0.389 e. The van der Waals surface area contributed by atoms with Crippen LogP contribution in [0.4, 0.5) is 13.2 Å². The van der Waals surface area contributed by atoms with Crippen LogP contribution >= 0.6 is 11.8 Å². The summed E-state index contributed by atoms with van der Waals surface area (Å²) in [6.07, 6.45) is 3.95. The highest BCUT2D eigenvalue weighted by Crippen LogP contribution is 2.40. The Kier molecular flexibility index (Phi) is 12.7. The van der Waals surface area contributed by atoms with Gasteiger partial charge in [-0.1, -0.05) is 38.5 Å². The molecule has 4 atom stereocenters. The van der Waals surface area contributed by atoms with Gasteiger partial charge in [0.25, 0.3) is 0 Å². The molecule has 0 radical (unpaired) electrons. The number of rotatable bonds is 16. The van der Waals surface area contributed by atoms with Gasteiger partial charge in [-0.25, -0.2) is 0 Å². The fourth-order valence-electron chi connectivity index (χ4n) is 4.15. The third-order valence-corrected chi connectivity index (χ3v) is 7.73. The van der Waals surface area contributed by atoms with Crippen LogP contribution in [-0.2, 0) is 4.79 Å². The van der Waals surface area contributed by atoms with Crippen LogP contribution in [0.25, 0.3) is 0 Å². The minimum Gasteiger partial charge on any atom is -0.481 e. The maximum atomic E-state index is 12.1. The average Bonchev–Trinajstić information content (AvgIpc) is 2.98. The lowest BCUT2D eigenvalue weighted by molar-refractivity contribution is -0.137. The summed E-state index contributed by atoms with van der Waals surface area (Å²) >= 11 is 1.71. The van der Waals surface area contributed by atoms with Crippen molar-refractivity contribution in [1.82, 2.24) is 0 Å². The zero-order valence-electron chi connectivity index (χ0n) is 18.1. The second-order valence-electron chi connectivity index (χ2n) is 9.03. The number of carbonyl (C=O) groups is 1. The number of carboxylic acids is 1. The molecule has 0 heterocycles. The molecule has 0 aromatic carbocycles. The molecule has 0 amide bonds. The zero-order chi connectivity index (χ0) is 22.6. The summed E-state index contributed by atoms with van der Waals surface area (Å²) in [5, 5.41) is 29.9. The summed E-state index contributed by atoms with van der Waals surface area (Å²) in [5.41, 5.74) is -0.844. The van der Waals surface area contributed by atoms with E-state index >= 15 is 0 Å². The van der Waals surface area contributed by atoms with Crippen molar-refractivity contribution in [3.8, 4) is 0 Å². The van der Waals surface area contributed by atoms with Gasteiger partial charge in [0.05, 0.1) is 11.7 Å². The van der Waals surface area contributed by atoms with E-state index < -0.39 is 24.2 Å². The second kappa shape index (κ2) is 13.8. The van der Waals surface area contributed by atoms with Gasteiger partial charge in [0, 0.05) is 23.8 Å². The number of unbranched alkanes of at least 4 members (excludes halogenated alkanes) is 6. The Balaban J connectivity index is 2.22. The Morgan fingerprint density at radius 2 is 1.57 bits per heavy atom. The molecule has 30 heavy (non-hydrogen) atoms. The fourth-order valence-corrected chi connectivity index (χ4v) is 5.73. The quantitative estimate of drug-likeness (QED) is 0.251. The standard InChI is InChI=1S/C22H39F3O4S/c1-21(29,14-8-4-5-9-15-22(23,24)25)16-30-19-13-12-18(26)17(19)10-6-2-3-7-11-20(27)28/h17-19,26,29H,2-16H2,1H3,(H,27,28). The molecule has 1 rings (SSSR count). The molecule has 0 aromatic heterocycles. The van der Waals surface area contributed by atoms with Crippen molar-refractivity contribution in [3.05, 3.63) is 0 Å². The number of carboxylic acid groups (broad SMARTS) is 1. The molecule has 8 heteroatoms. The fraction of sp³-hybridized carbons (Fsp3) is 0.955. The predicted molar refractivity (Wildman–Crippen MR) is 115 cm³/mol. The van der Waals surface area contributed by atoms with Crippen LogP contribution in [0.1, 0.15) is 96.8 Å². The predicted octanol–water partition coefficient (Wildman–Crippen LogP) is 5.94. The minimum atomic E-state index is -4.08. The van der Waals surface area contributed by atoms with Crippen LogP contribution in [0.15, 0.2) is 0 Å². The number of alkyl halides is 3. The number of aliphatic hydroxyl groups excluding tert-OH is 1. The van der Waals surface area contributed by atoms with Gasteiger partial charge in [-0.2, -0.15) is 24.9 Å². The van der Waals surface area contributed by atoms with Crippen molar-refractivity contribution < 1.29 is 33.3 Å². The molecule has 178 valence electrons. The van der Waals surface area contributed by atoms with Crippen LogP contribution < -0.4 is 0 Å². The molecular weight excluding hydrogens is 417 g/mol. The molecule has 3 N–H and O–H groups in total. The van der Waals surface area contributed by atoms with E-state index in [0.717, 1.165) is 44.9 Å². The molecule has 4 unspecified atom stereocenters. The summed E-state index contributed by atoms with van der Waals surface area (Å²) in [4.78, 5) is 10.5. The maximum Gasteiger partial charge on any atom is 0.389 e. The Morgan fingerprint density at radius 3 is 2.20 bits per heavy atom. The van der Waals surface area contributed by atoms with Gasteiger partial charge >= 0.3 is 12.1 Å². The topological polar surface area (TPSA) is 77.8 Å². The molecular formula is C22H39F3O4S. The maximum absolute atomic E-state index is 12.1. The van der Waals surface area contributed by atoms with E-state index in [1.165, 1.54) is 0 Å². The van der Waals surface area contributed by atoms with Gasteiger partial charge < -0.3 is 15.3 Å². The number of aliphatic carboxylic acids is 1. The van der Waals surface area contributed by atoms with Crippen LogP contribution in [0.5, 0.6) is 0 Å². The monoisotopic (exact) mass is 456 g/mol. The summed E-state index contributed by atoms with van der Waals surface area (Å²) in [5.74, 6) is 0.0286. The summed E-state index contributed by atoms with van der Waals surface area (Å²) < 4.78 is 36.4. The van der Waals surface area contributed by atoms with Gasteiger partial charge in [0.2, 0.25) is 0 Å². The number of hydrogen-bond donors (Lipinski definition) is 3. The van der Waals surface area contributed by atoms with E-state index in [0.29, 0.717) is 36.7 Å². The first-order valence-electron chi connectivity index (χ1n) is 11.3. The van der Waals surface area contributed by atoms with Crippen molar-refractivity contribution in [2.45, 2.75) is 120 Å². The Morgan fingerprint density at radius 1 is 0.967 bits per heavy atom. The highest BCUT2D eigenvalue weighted by atomic mass is 32.2. The van der Waals surface area contributed by atoms with E-state index in [1.54, 1.807) is 18.7 Å². The largest absolute Gasteiger partial charge is 0.481 e. The Hall–Kier alpha value is -0.470. The van der Waals surface area contributed by atoms with Gasteiger partial charge in [0.15, 0.2) is 0 Å². The molecule has 1 aliphatic rings. The van der Waals surface area contributed by atoms with Gasteiger partial charge in [-0.15, -0.1) is 0 Å². The van der Waals surface area contributed by atoms with Gasteiger partial charge in [-0.3, -0.25) is 4.79 Å². The first-order valence-corrected chi connectivity index (χ1v) is 12.4. The Bertz CT molecular complexity index is 485. The summed E-state index contributed by atoms with van der Waals surface area (Å²) in [7, 11) is 0. The molecule has 0 saturated heterocycles. The summed E-state index contributed by atoms with van der Waals surface area (Å²) in [6, 6.07) is 0. The number of aliphatic hydroxyl groups is 2. The molecule has 1 saturated carbocycles. The van der Waals surface area contributed by atoms with Crippen LogP contribution in [-0.4, -0.2) is 50.2 Å². The third kappa shape index (κ3) is 13.1. The zero-order valence-corrected chi connectivity index (χ0v) is 18.9. The second-order valence-corrected chi connectivity index (χ2v) is 10.3. The third-order valence-electron chi connectivity index (χ3n) is 5.93. The van der Waals surface area contributed by atoms with E-state index in [9.17, 15) is 28.2 Å². The van der Waals surface area contributed by atoms with Crippen molar-refractivity contribution in [1.29, 1.82) is 0 Å². The van der Waals surface area contributed by atoms with Crippen molar-refractivity contribution in [2.24, 2.45) is 5.92 Å². The summed E-state index contributed by atoms with van der Waals surface area (Å²) in [6.45, 7) is 1.79. The molecule has 0 bridgehead atoms. The first kappa shape index (κ1) is 27.6. The lowest BCUT2D eigenvalue weighted by Gasteiger charge is -2.27. The van der Waals surface area contributed by atoms with E-state index in [4.69, 9.17) is 5.11 Å². The molecule has 0 aliphatic heterocycles. The van der Waals surface area contributed by atoms with Crippen molar-refractivity contribution >= 4 is 17.7 Å². The van der Waals surface area contributed by atoms with Crippen LogP contribution in [0.2, 0.25) is 0 Å². The highest BCUT2D eigenvalue weighted by Gasteiger charge is 2.36. The minimum absolute atomic E-state index is 0.151. The van der Waals surface area contributed by atoms with E-state index in [1.807, 2.05) is 0 Å². The lowest BCUT2D eigenvalue weighted by Crippen LogP contribution is -2.30. The number of hydrogen-bond acceptors (Lipinski definition) is 4. The first-order chi connectivity index (χ1) is 14.0. The molecule has 1 fully saturated rings. The normalized spacial score (nSPS) is 24.1. The molecule has 0 spiro atoms. The van der Waals surface area contributed by atoms with Gasteiger partial charge in [-0.05, 0) is 51.4 Å². The number of halogens is 3. The lowest BCUT2D eigenvalue weighted by atomic mass is 9.97. The van der Waals surface area contributed by atoms with Crippen molar-refractivity contribution in [2.75, 3.05) is 5.75 Å². The van der Waals surface area contributed by atoms with E-state index in [-0.39, 0.29) is 24.9 Å². The Labute approximate surface area is 183 Å². The SMILES string of the molecule is CC(O)(CCCCCCC(F)(F)F)CSC1CCC(O)C1CCCCCCC(=O)O. The van der Waals surface area contributed by atoms with E-state index in [2.05, 4.69) is 0 Å². The van der Waals surface area contributed by atoms with Crippen LogP contribution in [0.3, 0.4) is 0 Å². The van der Waals surface area contributed by atoms with Crippen LogP contribution in [0, 0.1) is 5.92 Å². The average molecular weight is 457 g/mol. The highest BCUT2D eigenvalue weighted by molar-refractivity contribution is 8.00. The molecule has 4 nitrogen and oxygen atoms in total. The van der Waals surface area contributed by atoms with Crippen molar-refractivity contribution in [3.63, 3.8) is 0 Å². The number of thioether (sulfide) groups is 1.